The molecule has 0 saturated heterocycles. The van der Waals surface area contributed by atoms with Gasteiger partial charge < -0.3 is 15.4 Å². The number of hydrogen-bond acceptors (Lipinski definition) is 3. The lowest BCUT2D eigenvalue weighted by molar-refractivity contribution is 0.285. The van der Waals surface area contributed by atoms with E-state index in [9.17, 15) is 4.39 Å². The lowest BCUT2D eigenvalue weighted by atomic mass is 10.1. The van der Waals surface area contributed by atoms with E-state index >= 15 is 0 Å². The van der Waals surface area contributed by atoms with Crippen LogP contribution in [0, 0.1) is 25.6 Å². The summed E-state index contributed by atoms with van der Waals surface area (Å²) in [6.45, 7) is 9.94. The predicted octanol–water partition coefficient (Wildman–Crippen LogP) is 4.40. The Labute approximate surface area is 195 Å². The van der Waals surface area contributed by atoms with Gasteiger partial charge in [0.2, 0.25) is 0 Å². The number of aliphatic imine (C=N–C) groups is 1. The van der Waals surface area contributed by atoms with Gasteiger partial charge in [-0.1, -0.05) is 6.07 Å². The minimum Gasteiger partial charge on any atom is -0.490 e. The molecule has 3 rings (SSSR count). The number of nitrogens with one attached hydrogen (secondary N) is 2. The van der Waals surface area contributed by atoms with Gasteiger partial charge in [0, 0.05) is 24.8 Å². The normalized spacial score (nSPS) is 14.8. The molecule has 0 bridgehead atoms. The van der Waals surface area contributed by atoms with Crippen LogP contribution in [-0.2, 0) is 13.6 Å². The fourth-order valence-electron chi connectivity index (χ4n) is 3.21. The Bertz CT molecular complexity index is 879. The van der Waals surface area contributed by atoms with Gasteiger partial charge in [-0.15, -0.1) is 24.0 Å². The number of aryl methyl sites for hydroxylation is 2. The molecule has 1 aromatic heterocycles. The average Bonchev–Trinajstić information content (AvgIpc) is 3.47. The smallest absolute Gasteiger partial charge is 0.192 e. The Balaban J connectivity index is 0.00000320. The van der Waals surface area contributed by atoms with E-state index < -0.39 is 0 Å². The van der Waals surface area contributed by atoms with Crippen LogP contribution in [0.4, 0.5) is 4.39 Å². The second-order valence-corrected chi connectivity index (χ2v) is 7.78. The summed E-state index contributed by atoms with van der Waals surface area (Å²) in [5, 5.41) is 11.1. The molecule has 2 N–H and O–H groups in total. The molecule has 0 aliphatic heterocycles. The maximum absolute atomic E-state index is 14.4. The highest BCUT2D eigenvalue weighted by molar-refractivity contribution is 14.0. The third-order valence-electron chi connectivity index (χ3n) is 5.38. The maximum Gasteiger partial charge on any atom is 0.192 e. The highest BCUT2D eigenvalue weighted by Gasteiger charge is 2.22. The molecule has 1 atom stereocenters. The standard InChI is InChI=1S/C22H32FN5O.HI/c1-6-24-22(25-12-19-15(3)27-28(5)16(19)4)26-14(2)18-9-10-21(20(23)11-18)29-13-17-7-8-17;/h9-11,14,17H,6-8,12-13H2,1-5H3,(H2,24,25,26);1H. The van der Waals surface area contributed by atoms with E-state index in [-0.39, 0.29) is 35.8 Å². The molecule has 30 heavy (non-hydrogen) atoms. The van der Waals surface area contributed by atoms with Crippen molar-refractivity contribution in [1.29, 1.82) is 0 Å². The van der Waals surface area contributed by atoms with Crippen molar-refractivity contribution in [3.05, 3.63) is 46.5 Å². The zero-order valence-corrected chi connectivity index (χ0v) is 20.8. The van der Waals surface area contributed by atoms with Crippen LogP contribution in [0.1, 0.15) is 55.2 Å². The number of halogens is 2. The van der Waals surface area contributed by atoms with Crippen LogP contribution in [0.2, 0.25) is 0 Å². The van der Waals surface area contributed by atoms with Crippen molar-refractivity contribution in [3.63, 3.8) is 0 Å². The van der Waals surface area contributed by atoms with Gasteiger partial charge in [-0.25, -0.2) is 9.38 Å². The Morgan fingerprint density at radius 1 is 1.37 bits per heavy atom. The molecule has 2 aromatic rings. The van der Waals surface area contributed by atoms with Gasteiger partial charge in [0.1, 0.15) is 0 Å². The second-order valence-electron chi connectivity index (χ2n) is 7.78. The summed E-state index contributed by atoms with van der Waals surface area (Å²) >= 11 is 0. The van der Waals surface area contributed by atoms with Crippen LogP contribution in [-0.4, -0.2) is 28.9 Å². The highest BCUT2D eigenvalue weighted by atomic mass is 127. The first-order chi connectivity index (χ1) is 13.9. The number of aromatic nitrogens is 2. The fraction of sp³-hybridized carbons (Fsp3) is 0.545. The van der Waals surface area contributed by atoms with Crippen molar-refractivity contribution in [1.82, 2.24) is 20.4 Å². The average molecular weight is 529 g/mol. The van der Waals surface area contributed by atoms with Crippen molar-refractivity contribution in [3.8, 4) is 5.75 Å². The van der Waals surface area contributed by atoms with Crippen LogP contribution >= 0.6 is 24.0 Å². The zero-order chi connectivity index (χ0) is 21.0. The predicted molar refractivity (Wildman–Crippen MR) is 129 cm³/mol. The van der Waals surface area contributed by atoms with Crippen LogP contribution in [0.15, 0.2) is 23.2 Å². The molecule has 0 spiro atoms. The molecule has 1 fully saturated rings. The molecule has 1 aliphatic rings. The van der Waals surface area contributed by atoms with Crippen molar-refractivity contribution >= 4 is 29.9 Å². The van der Waals surface area contributed by atoms with E-state index in [1.807, 2.05) is 45.5 Å². The molecule has 1 saturated carbocycles. The lowest BCUT2D eigenvalue weighted by Gasteiger charge is -2.19. The Hall–Kier alpha value is -1.84. The summed E-state index contributed by atoms with van der Waals surface area (Å²) in [6.07, 6.45) is 2.37. The van der Waals surface area contributed by atoms with Crippen LogP contribution in [0.5, 0.6) is 5.75 Å². The molecular formula is C22H33FIN5O. The van der Waals surface area contributed by atoms with Crippen LogP contribution in [0.3, 0.4) is 0 Å². The highest BCUT2D eigenvalue weighted by Crippen LogP contribution is 2.30. The molecular weight excluding hydrogens is 496 g/mol. The monoisotopic (exact) mass is 529 g/mol. The topological polar surface area (TPSA) is 63.5 Å². The Morgan fingerprint density at radius 2 is 2.10 bits per heavy atom. The van der Waals surface area contributed by atoms with Crippen molar-refractivity contribution < 1.29 is 9.13 Å². The van der Waals surface area contributed by atoms with Crippen molar-refractivity contribution in [2.45, 2.75) is 53.1 Å². The maximum atomic E-state index is 14.4. The molecule has 8 heteroatoms. The molecule has 0 radical (unpaired) electrons. The number of hydrogen-bond donors (Lipinski definition) is 2. The minimum absolute atomic E-state index is 0. The first-order valence-corrected chi connectivity index (χ1v) is 10.3. The van der Waals surface area contributed by atoms with Gasteiger partial charge in [-0.3, -0.25) is 4.68 Å². The minimum atomic E-state index is -0.319. The van der Waals surface area contributed by atoms with Crippen molar-refractivity contribution in [2.24, 2.45) is 18.0 Å². The molecule has 1 aliphatic carbocycles. The van der Waals surface area contributed by atoms with Crippen LogP contribution < -0.4 is 15.4 Å². The van der Waals surface area contributed by atoms with Gasteiger partial charge in [-0.2, -0.15) is 5.10 Å². The van der Waals surface area contributed by atoms with Crippen molar-refractivity contribution in [2.75, 3.05) is 13.2 Å². The summed E-state index contributed by atoms with van der Waals surface area (Å²) in [6, 6.07) is 5.06. The molecule has 1 unspecified atom stereocenters. The number of benzene rings is 1. The largest absolute Gasteiger partial charge is 0.490 e. The Morgan fingerprint density at radius 3 is 2.67 bits per heavy atom. The first-order valence-electron chi connectivity index (χ1n) is 10.3. The van der Waals surface area contributed by atoms with Gasteiger partial charge in [0.15, 0.2) is 17.5 Å². The quantitative estimate of drug-likeness (QED) is 0.303. The van der Waals surface area contributed by atoms with Gasteiger partial charge in [0.05, 0.1) is 24.9 Å². The Kier molecular flexibility index (Phi) is 8.93. The first kappa shape index (κ1) is 24.4. The number of rotatable bonds is 8. The van der Waals surface area contributed by atoms with E-state index in [0.717, 1.165) is 29.1 Å². The summed E-state index contributed by atoms with van der Waals surface area (Å²) in [4.78, 5) is 4.70. The molecule has 0 amide bonds. The van der Waals surface area contributed by atoms with E-state index in [2.05, 4.69) is 15.7 Å². The second kappa shape index (κ2) is 11.0. The van der Waals surface area contributed by atoms with E-state index in [0.29, 0.717) is 30.8 Å². The van der Waals surface area contributed by atoms with E-state index in [4.69, 9.17) is 9.73 Å². The molecule has 166 valence electrons. The lowest BCUT2D eigenvalue weighted by Crippen LogP contribution is -2.38. The van der Waals surface area contributed by atoms with Gasteiger partial charge in [-0.05, 0) is 64.2 Å². The zero-order valence-electron chi connectivity index (χ0n) is 18.5. The number of ether oxygens (including phenoxy) is 1. The SMILES string of the molecule is CCNC(=NCc1c(C)nn(C)c1C)NC(C)c1ccc(OCC2CC2)c(F)c1.I. The molecule has 6 nitrogen and oxygen atoms in total. The summed E-state index contributed by atoms with van der Waals surface area (Å²) in [7, 11) is 1.94. The fourth-order valence-corrected chi connectivity index (χ4v) is 3.21. The number of guanidine groups is 1. The van der Waals surface area contributed by atoms with Gasteiger partial charge >= 0.3 is 0 Å². The molecule has 1 heterocycles. The van der Waals surface area contributed by atoms with Gasteiger partial charge in [0.25, 0.3) is 0 Å². The summed E-state index contributed by atoms with van der Waals surface area (Å²) < 4.78 is 21.9. The summed E-state index contributed by atoms with van der Waals surface area (Å²) in [5.41, 5.74) is 4.07. The third-order valence-corrected chi connectivity index (χ3v) is 5.38. The third kappa shape index (κ3) is 6.33. The van der Waals surface area contributed by atoms with E-state index in [1.54, 1.807) is 12.1 Å². The molecule has 1 aromatic carbocycles. The number of nitrogens with zero attached hydrogens (tertiary/aromatic N) is 3. The van der Waals surface area contributed by atoms with E-state index in [1.165, 1.54) is 12.8 Å². The van der Waals surface area contributed by atoms with Crippen LogP contribution in [0.25, 0.3) is 0 Å². The summed E-state index contributed by atoms with van der Waals surface area (Å²) in [5.74, 6) is 1.30.